The van der Waals surface area contributed by atoms with Crippen molar-refractivity contribution in [3.63, 3.8) is 0 Å². The van der Waals surface area contributed by atoms with Crippen LogP contribution in [0.25, 0.3) is 11.1 Å². The number of fused-ring (bicyclic) bond motifs is 1. The van der Waals surface area contributed by atoms with Crippen molar-refractivity contribution in [2.75, 3.05) is 6.61 Å². The molecule has 0 fully saturated rings. The van der Waals surface area contributed by atoms with Gasteiger partial charge in [-0.15, -0.1) is 0 Å². The second-order valence-corrected chi connectivity index (χ2v) is 4.80. The van der Waals surface area contributed by atoms with E-state index >= 15 is 0 Å². The minimum absolute atomic E-state index is 0.572. The normalized spacial score (nSPS) is 13.2. The van der Waals surface area contributed by atoms with E-state index in [-0.39, 0.29) is 0 Å². The summed E-state index contributed by atoms with van der Waals surface area (Å²) in [6.45, 7) is 3.50. The van der Waals surface area contributed by atoms with Crippen molar-refractivity contribution >= 4 is 0 Å². The van der Waals surface area contributed by atoms with Gasteiger partial charge in [0, 0.05) is 18.5 Å². The zero-order valence-electron chi connectivity index (χ0n) is 10.6. The first-order valence-electron chi connectivity index (χ1n) is 6.33. The predicted molar refractivity (Wildman–Crippen MR) is 73.7 cm³/mol. The number of ether oxygens (including phenoxy) is 1. The van der Waals surface area contributed by atoms with E-state index in [9.17, 15) is 0 Å². The molecule has 2 aromatic rings. The van der Waals surface area contributed by atoms with Gasteiger partial charge in [0.1, 0.15) is 5.75 Å². The zero-order valence-corrected chi connectivity index (χ0v) is 10.6. The Hall–Kier alpha value is -1.80. The molecule has 1 heterocycles. The monoisotopic (exact) mass is 239 g/mol. The third-order valence-electron chi connectivity index (χ3n) is 3.40. The number of hydrogen-bond donors (Lipinski definition) is 1. The van der Waals surface area contributed by atoms with E-state index in [1.807, 2.05) is 0 Å². The minimum atomic E-state index is 0.572. The topological polar surface area (TPSA) is 35.2 Å². The highest BCUT2D eigenvalue weighted by molar-refractivity contribution is 5.74. The Balaban J connectivity index is 2.16. The van der Waals surface area contributed by atoms with Gasteiger partial charge in [-0.25, -0.2) is 0 Å². The van der Waals surface area contributed by atoms with Gasteiger partial charge in [-0.05, 0) is 41.3 Å². The number of nitrogens with two attached hydrogens (primary N) is 1. The fraction of sp³-hybridized carbons (Fsp3) is 0.250. The predicted octanol–water partition coefficient (Wildman–Crippen LogP) is 3.06. The Morgan fingerprint density at radius 2 is 2.11 bits per heavy atom. The van der Waals surface area contributed by atoms with Crippen LogP contribution in [0.15, 0.2) is 36.4 Å². The van der Waals surface area contributed by atoms with Crippen molar-refractivity contribution in [2.24, 2.45) is 5.73 Å². The summed E-state index contributed by atoms with van der Waals surface area (Å²) in [5, 5.41) is 0. The molecule has 0 radical (unpaired) electrons. The zero-order chi connectivity index (χ0) is 12.5. The highest BCUT2D eigenvalue weighted by atomic mass is 16.5. The molecular formula is C16H17NO. The third-order valence-corrected chi connectivity index (χ3v) is 3.40. The Labute approximate surface area is 107 Å². The summed E-state index contributed by atoms with van der Waals surface area (Å²) in [5.74, 6) is 1.05. The molecule has 2 nitrogen and oxygen atoms in total. The quantitative estimate of drug-likeness (QED) is 0.874. The molecule has 0 bridgehead atoms. The fourth-order valence-electron chi connectivity index (χ4n) is 2.55. The van der Waals surface area contributed by atoms with Gasteiger partial charge >= 0.3 is 0 Å². The lowest BCUT2D eigenvalue weighted by molar-refractivity contribution is 0.358. The van der Waals surface area contributed by atoms with Crippen LogP contribution in [0.1, 0.15) is 16.7 Å². The molecule has 18 heavy (non-hydrogen) atoms. The van der Waals surface area contributed by atoms with Crippen LogP contribution in [0.5, 0.6) is 5.75 Å². The maximum atomic E-state index is 5.78. The van der Waals surface area contributed by atoms with Crippen LogP contribution in [0.4, 0.5) is 0 Å². The molecule has 92 valence electrons. The Morgan fingerprint density at radius 3 is 2.94 bits per heavy atom. The highest BCUT2D eigenvalue weighted by Crippen LogP contribution is 2.38. The standard InChI is InChI=1S/C16H17NO/c1-11-7-14-5-6-18-16(14)15(8-11)13-4-2-3-12(9-13)10-17/h2-4,7-9H,5-6,10,17H2,1H3. The fourth-order valence-corrected chi connectivity index (χ4v) is 2.55. The Kier molecular flexibility index (Phi) is 2.80. The molecule has 1 aliphatic rings. The van der Waals surface area contributed by atoms with Crippen molar-refractivity contribution in [1.82, 2.24) is 0 Å². The number of hydrogen-bond acceptors (Lipinski definition) is 2. The van der Waals surface area contributed by atoms with E-state index in [1.165, 1.54) is 22.3 Å². The lowest BCUT2D eigenvalue weighted by atomic mass is 9.97. The first-order valence-corrected chi connectivity index (χ1v) is 6.33. The van der Waals surface area contributed by atoms with Crippen molar-refractivity contribution in [3.8, 4) is 16.9 Å². The van der Waals surface area contributed by atoms with Gasteiger partial charge < -0.3 is 10.5 Å². The molecule has 0 saturated carbocycles. The number of aryl methyl sites for hydroxylation is 1. The summed E-state index contributed by atoms with van der Waals surface area (Å²) in [6.07, 6.45) is 1.01. The summed E-state index contributed by atoms with van der Waals surface area (Å²) in [7, 11) is 0. The molecule has 0 saturated heterocycles. The van der Waals surface area contributed by atoms with Gasteiger partial charge in [-0.1, -0.05) is 24.3 Å². The van der Waals surface area contributed by atoms with Crippen molar-refractivity contribution in [2.45, 2.75) is 19.9 Å². The second-order valence-electron chi connectivity index (χ2n) is 4.80. The molecule has 1 aliphatic heterocycles. The molecule has 0 unspecified atom stereocenters. The van der Waals surface area contributed by atoms with Gasteiger partial charge in [-0.2, -0.15) is 0 Å². The van der Waals surface area contributed by atoms with E-state index in [2.05, 4.69) is 43.3 Å². The van der Waals surface area contributed by atoms with Gasteiger partial charge in [0.25, 0.3) is 0 Å². The molecule has 2 aromatic carbocycles. The van der Waals surface area contributed by atoms with Gasteiger partial charge in [-0.3, -0.25) is 0 Å². The smallest absolute Gasteiger partial charge is 0.130 e. The summed E-state index contributed by atoms with van der Waals surface area (Å²) < 4.78 is 5.78. The summed E-state index contributed by atoms with van der Waals surface area (Å²) in [5.41, 5.74) is 11.9. The second kappa shape index (κ2) is 4.46. The molecule has 0 aromatic heterocycles. The van der Waals surface area contributed by atoms with E-state index in [1.54, 1.807) is 0 Å². The maximum Gasteiger partial charge on any atom is 0.130 e. The lowest BCUT2D eigenvalue weighted by Gasteiger charge is -2.10. The van der Waals surface area contributed by atoms with Crippen molar-refractivity contribution in [3.05, 3.63) is 53.1 Å². The molecule has 0 aliphatic carbocycles. The average Bonchev–Trinajstić information content (AvgIpc) is 2.85. The third kappa shape index (κ3) is 1.89. The summed E-state index contributed by atoms with van der Waals surface area (Å²) >= 11 is 0. The molecule has 3 rings (SSSR count). The van der Waals surface area contributed by atoms with Crippen LogP contribution in [-0.4, -0.2) is 6.61 Å². The molecule has 0 amide bonds. The largest absolute Gasteiger partial charge is 0.492 e. The van der Waals surface area contributed by atoms with Crippen LogP contribution in [0.2, 0.25) is 0 Å². The number of benzene rings is 2. The van der Waals surface area contributed by atoms with Gasteiger partial charge in [0.2, 0.25) is 0 Å². The van der Waals surface area contributed by atoms with Crippen LogP contribution in [0.3, 0.4) is 0 Å². The average molecular weight is 239 g/mol. The van der Waals surface area contributed by atoms with E-state index in [4.69, 9.17) is 10.5 Å². The maximum absolute atomic E-state index is 5.78. The van der Waals surface area contributed by atoms with Gasteiger partial charge in [0.15, 0.2) is 0 Å². The van der Waals surface area contributed by atoms with Crippen LogP contribution in [-0.2, 0) is 13.0 Å². The van der Waals surface area contributed by atoms with E-state index in [0.717, 1.165) is 24.3 Å². The number of rotatable bonds is 2. The summed E-state index contributed by atoms with van der Waals surface area (Å²) in [4.78, 5) is 0. The molecule has 0 atom stereocenters. The molecular weight excluding hydrogens is 222 g/mol. The molecule has 0 spiro atoms. The van der Waals surface area contributed by atoms with Crippen LogP contribution < -0.4 is 10.5 Å². The first-order chi connectivity index (χ1) is 8.78. The SMILES string of the molecule is Cc1cc2c(c(-c3cccc(CN)c3)c1)OCC2. The van der Waals surface area contributed by atoms with E-state index < -0.39 is 0 Å². The minimum Gasteiger partial charge on any atom is -0.492 e. The Morgan fingerprint density at radius 1 is 1.22 bits per heavy atom. The van der Waals surface area contributed by atoms with Crippen LogP contribution >= 0.6 is 0 Å². The highest BCUT2D eigenvalue weighted by Gasteiger charge is 2.18. The van der Waals surface area contributed by atoms with E-state index in [0.29, 0.717) is 6.54 Å². The molecule has 2 heteroatoms. The van der Waals surface area contributed by atoms with Crippen LogP contribution in [0, 0.1) is 6.92 Å². The van der Waals surface area contributed by atoms with Crippen molar-refractivity contribution < 1.29 is 4.74 Å². The molecule has 2 N–H and O–H groups in total. The lowest BCUT2D eigenvalue weighted by Crippen LogP contribution is -1.96. The van der Waals surface area contributed by atoms with Crippen molar-refractivity contribution in [1.29, 1.82) is 0 Å². The summed E-state index contributed by atoms with van der Waals surface area (Å²) in [6, 6.07) is 12.8. The van der Waals surface area contributed by atoms with Gasteiger partial charge in [0.05, 0.1) is 6.61 Å². The first kappa shape index (κ1) is 11.3. The Bertz CT molecular complexity index is 590.